The SMILES string of the molecule is CCc1c(C)nn2c(N)c(C#N)c(NCCC(N)=CC=NC3(CCNC(C)=O)CC3)nc12. The molecule has 32 heavy (non-hydrogen) atoms. The van der Waals surface area contributed by atoms with Crippen LogP contribution in [0.25, 0.3) is 5.65 Å². The van der Waals surface area contributed by atoms with E-state index < -0.39 is 0 Å². The molecule has 1 saturated carbocycles. The first kappa shape index (κ1) is 23.1. The number of aryl methyl sites for hydroxylation is 2. The Morgan fingerprint density at radius 1 is 1.41 bits per heavy atom. The molecule has 0 radical (unpaired) electrons. The maximum absolute atomic E-state index is 11.0. The van der Waals surface area contributed by atoms with E-state index in [4.69, 9.17) is 11.5 Å². The zero-order valence-electron chi connectivity index (χ0n) is 18.9. The highest BCUT2D eigenvalue weighted by molar-refractivity contribution is 5.73. The van der Waals surface area contributed by atoms with Crippen molar-refractivity contribution >= 4 is 29.4 Å². The summed E-state index contributed by atoms with van der Waals surface area (Å²) in [5, 5.41) is 20.0. The van der Waals surface area contributed by atoms with Gasteiger partial charge in [0.1, 0.15) is 23.3 Å². The number of nitriles is 1. The molecule has 1 amide bonds. The van der Waals surface area contributed by atoms with Crippen molar-refractivity contribution in [1.29, 1.82) is 5.26 Å². The Kier molecular flexibility index (Phi) is 6.98. The molecule has 1 fully saturated rings. The minimum Gasteiger partial charge on any atom is -0.402 e. The minimum atomic E-state index is -0.0591. The number of carbonyl (C=O) groups excluding carboxylic acids is 1. The first-order valence-corrected chi connectivity index (χ1v) is 10.9. The number of fused-ring (bicyclic) bond motifs is 1. The molecule has 3 rings (SSSR count). The van der Waals surface area contributed by atoms with Gasteiger partial charge in [-0.3, -0.25) is 9.79 Å². The fourth-order valence-corrected chi connectivity index (χ4v) is 3.63. The Morgan fingerprint density at radius 2 is 2.16 bits per heavy atom. The lowest BCUT2D eigenvalue weighted by molar-refractivity contribution is -0.118. The number of allylic oxidation sites excluding steroid dienone is 1. The Labute approximate surface area is 187 Å². The van der Waals surface area contributed by atoms with Gasteiger partial charge in [-0.05, 0) is 38.7 Å². The van der Waals surface area contributed by atoms with Crippen molar-refractivity contribution in [2.24, 2.45) is 10.7 Å². The van der Waals surface area contributed by atoms with E-state index in [2.05, 4.69) is 31.8 Å². The second kappa shape index (κ2) is 9.68. The molecule has 2 aromatic rings. The van der Waals surface area contributed by atoms with Crippen LogP contribution in [-0.2, 0) is 11.2 Å². The number of carbonyl (C=O) groups is 1. The van der Waals surface area contributed by atoms with E-state index in [9.17, 15) is 10.1 Å². The fourth-order valence-electron chi connectivity index (χ4n) is 3.63. The number of anilines is 2. The summed E-state index contributed by atoms with van der Waals surface area (Å²) in [6.07, 6.45) is 7.76. The van der Waals surface area contributed by atoms with Crippen molar-refractivity contribution in [1.82, 2.24) is 19.9 Å². The number of nitrogens with two attached hydrogens (primary N) is 2. The van der Waals surface area contributed by atoms with Gasteiger partial charge >= 0.3 is 0 Å². The zero-order valence-corrected chi connectivity index (χ0v) is 18.9. The summed E-state index contributed by atoms with van der Waals surface area (Å²) in [6, 6.07) is 2.12. The number of nitrogens with one attached hydrogen (secondary N) is 2. The molecular formula is C22H31N9O. The second-order valence-electron chi connectivity index (χ2n) is 8.14. The van der Waals surface area contributed by atoms with Gasteiger partial charge in [-0.15, -0.1) is 0 Å². The Balaban J connectivity index is 1.61. The number of hydrogen-bond donors (Lipinski definition) is 4. The molecule has 170 valence electrons. The molecular weight excluding hydrogens is 406 g/mol. The second-order valence-corrected chi connectivity index (χ2v) is 8.14. The van der Waals surface area contributed by atoms with E-state index >= 15 is 0 Å². The average Bonchev–Trinajstić information content (AvgIpc) is 3.42. The van der Waals surface area contributed by atoms with Crippen LogP contribution in [0, 0.1) is 18.3 Å². The molecule has 0 spiro atoms. The van der Waals surface area contributed by atoms with Gasteiger partial charge < -0.3 is 22.1 Å². The fraction of sp³-hybridized carbons (Fsp3) is 0.500. The lowest BCUT2D eigenvalue weighted by Gasteiger charge is -2.11. The first-order chi connectivity index (χ1) is 15.3. The third kappa shape index (κ3) is 5.17. The van der Waals surface area contributed by atoms with E-state index in [1.54, 1.807) is 12.3 Å². The van der Waals surface area contributed by atoms with Crippen LogP contribution in [0.1, 0.15) is 56.4 Å². The summed E-state index contributed by atoms with van der Waals surface area (Å²) in [6.45, 7) is 6.58. The van der Waals surface area contributed by atoms with Gasteiger partial charge in [0, 0.05) is 43.9 Å². The highest BCUT2D eigenvalue weighted by atomic mass is 16.1. The van der Waals surface area contributed by atoms with Crippen molar-refractivity contribution in [3.8, 4) is 6.07 Å². The molecule has 2 aromatic heterocycles. The van der Waals surface area contributed by atoms with Crippen LogP contribution >= 0.6 is 0 Å². The Morgan fingerprint density at radius 3 is 2.78 bits per heavy atom. The predicted octanol–water partition coefficient (Wildman–Crippen LogP) is 1.83. The largest absolute Gasteiger partial charge is 0.402 e. The summed E-state index contributed by atoms with van der Waals surface area (Å²) in [7, 11) is 0. The number of aliphatic imine (C=N–C) groups is 1. The van der Waals surface area contributed by atoms with Gasteiger partial charge in [-0.2, -0.15) is 14.9 Å². The van der Waals surface area contributed by atoms with E-state index in [0.29, 0.717) is 36.7 Å². The topological polar surface area (TPSA) is 160 Å². The van der Waals surface area contributed by atoms with Crippen molar-refractivity contribution in [3.05, 3.63) is 28.6 Å². The van der Waals surface area contributed by atoms with Crippen molar-refractivity contribution in [2.45, 2.75) is 58.4 Å². The molecule has 6 N–H and O–H groups in total. The van der Waals surface area contributed by atoms with Crippen LogP contribution in [0.4, 0.5) is 11.6 Å². The van der Waals surface area contributed by atoms with Gasteiger partial charge in [-0.25, -0.2) is 4.98 Å². The number of amides is 1. The summed E-state index contributed by atoms with van der Waals surface area (Å²) in [5.41, 5.74) is 15.7. The molecule has 0 saturated heterocycles. The van der Waals surface area contributed by atoms with Crippen LogP contribution < -0.4 is 22.1 Å². The van der Waals surface area contributed by atoms with Crippen LogP contribution in [-0.4, -0.2) is 45.3 Å². The van der Waals surface area contributed by atoms with E-state index in [1.807, 2.05) is 13.8 Å². The number of aromatic nitrogens is 3. The van der Waals surface area contributed by atoms with Crippen molar-refractivity contribution < 1.29 is 4.79 Å². The highest BCUT2D eigenvalue weighted by Crippen LogP contribution is 2.42. The average molecular weight is 438 g/mol. The monoisotopic (exact) mass is 437 g/mol. The lowest BCUT2D eigenvalue weighted by atomic mass is 10.2. The summed E-state index contributed by atoms with van der Waals surface area (Å²) in [4.78, 5) is 20.2. The molecule has 0 aromatic carbocycles. The number of nitrogen functional groups attached to an aromatic ring is 1. The predicted molar refractivity (Wildman–Crippen MR) is 125 cm³/mol. The number of nitrogens with zero attached hydrogens (tertiary/aromatic N) is 5. The zero-order chi connectivity index (χ0) is 23.3. The van der Waals surface area contributed by atoms with Gasteiger partial charge in [0.15, 0.2) is 5.65 Å². The molecule has 1 aliphatic carbocycles. The molecule has 0 atom stereocenters. The Hall–Kier alpha value is -3.61. The van der Waals surface area contributed by atoms with Gasteiger partial charge in [-0.1, -0.05) is 6.92 Å². The number of hydrogen-bond acceptors (Lipinski definition) is 8. The van der Waals surface area contributed by atoms with E-state index in [1.165, 1.54) is 11.4 Å². The van der Waals surface area contributed by atoms with E-state index in [-0.39, 0.29) is 22.8 Å². The van der Waals surface area contributed by atoms with Gasteiger partial charge in [0.2, 0.25) is 5.91 Å². The first-order valence-electron chi connectivity index (χ1n) is 10.9. The molecule has 1 aliphatic rings. The smallest absolute Gasteiger partial charge is 0.216 e. The Bertz CT molecular complexity index is 1100. The maximum atomic E-state index is 11.0. The van der Waals surface area contributed by atoms with Gasteiger partial charge in [0.25, 0.3) is 0 Å². The van der Waals surface area contributed by atoms with Crippen LogP contribution in [0.15, 0.2) is 16.8 Å². The molecule has 0 aliphatic heterocycles. The summed E-state index contributed by atoms with van der Waals surface area (Å²) in [5.74, 6) is 0.682. The third-order valence-electron chi connectivity index (χ3n) is 5.70. The molecule has 2 heterocycles. The molecule has 0 unspecified atom stereocenters. The molecule has 10 heteroatoms. The third-order valence-corrected chi connectivity index (χ3v) is 5.70. The standard InChI is InChI=1S/C22H31N9O/c1-4-17-14(2)30-31-19(25)18(13-23)20(29-21(17)31)27-10-5-16(24)6-11-28-22(7-8-22)9-12-26-15(3)32/h6,11H,4-5,7-10,12,24-25H2,1-3H3,(H,26,32)(H,27,29). The normalized spacial score (nSPS) is 15.1. The van der Waals surface area contributed by atoms with Gasteiger partial charge in [0.05, 0.1) is 11.2 Å². The van der Waals surface area contributed by atoms with Crippen LogP contribution in [0.2, 0.25) is 0 Å². The van der Waals surface area contributed by atoms with Crippen LogP contribution in [0.5, 0.6) is 0 Å². The number of rotatable bonds is 10. The van der Waals surface area contributed by atoms with Crippen LogP contribution in [0.3, 0.4) is 0 Å². The lowest BCUT2D eigenvalue weighted by Crippen LogP contribution is -2.24. The van der Waals surface area contributed by atoms with E-state index in [0.717, 1.165) is 36.9 Å². The minimum absolute atomic E-state index is 0.0225. The highest BCUT2D eigenvalue weighted by Gasteiger charge is 2.41. The molecule has 10 nitrogen and oxygen atoms in total. The van der Waals surface area contributed by atoms with Crippen molar-refractivity contribution in [2.75, 3.05) is 24.1 Å². The maximum Gasteiger partial charge on any atom is 0.216 e. The summed E-state index contributed by atoms with van der Waals surface area (Å²) >= 11 is 0. The van der Waals surface area contributed by atoms with Crippen molar-refractivity contribution in [3.63, 3.8) is 0 Å². The summed E-state index contributed by atoms with van der Waals surface area (Å²) < 4.78 is 1.53. The molecule has 0 bridgehead atoms. The quantitative estimate of drug-likeness (QED) is 0.412.